The molecule has 1 aliphatic carbocycles. The molecule has 1 saturated carbocycles. The molecule has 1 aromatic carbocycles. The number of carbonyl (C=O) groups is 5. The van der Waals surface area contributed by atoms with E-state index in [1.54, 1.807) is 81.6 Å². The van der Waals surface area contributed by atoms with Gasteiger partial charge in [-0.3, -0.25) is 14.4 Å². The normalized spacial score (nSPS) is 16.1. The molecular formula is C44H61N7O8. The molecule has 0 unspecified atom stereocenters. The summed E-state index contributed by atoms with van der Waals surface area (Å²) in [7, 11) is 0. The lowest BCUT2D eigenvalue weighted by Gasteiger charge is -2.33. The van der Waals surface area contributed by atoms with Gasteiger partial charge in [-0.2, -0.15) is 0 Å². The number of rotatable bonds is 19. The highest BCUT2D eigenvalue weighted by Crippen LogP contribution is 2.30. The lowest BCUT2D eigenvalue weighted by Crippen LogP contribution is -2.57. The van der Waals surface area contributed by atoms with Crippen LogP contribution in [-0.4, -0.2) is 84.5 Å². The van der Waals surface area contributed by atoms with Gasteiger partial charge >= 0.3 is 12.2 Å². The van der Waals surface area contributed by atoms with E-state index < -0.39 is 53.8 Å². The summed E-state index contributed by atoms with van der Waals surface area (Å²) in [6.07, 6.45) is 10.7. The van der Waals surface area contributed by atoms with Gasteiger partial charge in [0.05, 0.1) is 17.8 Å². The molecule has 5 atom stereocenters. The number of benzene rings is 1. The lowest BCUT2D eigenvalue weighted by atomic mass is 9.80. The number of anilines is 1. The Labute approximate surface area is 346 Å². The number of nitrogens with zero attached hydrogens (tertiary/aromatic N) is 3. The van der Waals surface area contributed by atoms with Gasteiger partial charge in [0.25, 0.3) is 0 Å². The molecule has 1 fully saturated rings. The largest absolute Gasteiger partial charge is 0.465 e. The molecule has 4 rings (SSSR count). The highest BCUT2D eigenvalue weighted by molar-refractivity contribution is 5.98. The number of nitrogens with one attached hydrogen (secondary N) is 4. The molecule has 6 N–H and O–H groups in total. The first-order chi connectivity index (χ1) is 28.1. The fourth-order valence-electron chi connectivity index (χ4n) is 7.29. The molecule has 0 aliphatic heterocycles. The zero-order chi connectivity index (χ0) is 43.0. The van der Waals surface area contributed by atoms with Gasteiger partial charge in [-0.15, -0.1) is 0 Å². The predicted molar refractivity (Wildman–Crippen MR) is 223 cm³/mol. The first kappa shape index (κ1) is 46.1. The average molecular weight is 816 g/mol. The summed E-state index contributed by atoms with van der Waals surface area (Å²) in [5.41, 5.74) is 0.146. The van der Waals surface area contributed by atoms with Crippen molar-refractivity contribution in [3.63, 3.8) is 0 Å². The Morgan fingerprint density at radius 3 is 2.24 bits per heavy atom. The first-order valence-electron chi connectivity index (χ1n) is 20.5. The zero-order valence-electron chi connectivity index (χ0n) is 34.8. The number of aliphatic hydroxyl groups excluding tert-OH is 1. The van der Waals surface area contributed by atoms with E-state index in [0.717, 1.165) is 32.1 Å². The zero-order valence-corrected chi connectivity index (χ0v) is 34.8. The maximum atomic E-state index is 14.5. The number of aromatic nitrogens is 3. The molecule has 0 saturated heterocycles. The van der Waals surface area contributed by atoms with Gasteiger partial charge in [0.2, 0.25) is 17.7 Å². The summed E-state index contributed by atoms with van der Waals surface area (Å²) < 4.78 is 6.72. The molecule has 15 heteroatoms. The molecule has 320 valence electrons. The number of ether oxygens (including phenoxy) is 1. The molecule has 2 aromatic heterocycles. The van der Waals surface area contributed by atoms with E-state index in [2.05, 4.69) is 31.2 Å². The van der Waals surface area contributed by atoms with Crippen molar-refractivity contribution in [2.75, 3.05) is 5.32 Å². The van der Waals surface area contributed by atoms with E-state index >= 15 is 0 Å². The highest BCUT2D eigenvalue weighted by atomic mass is 16.6. The summed E-state index contributed by atoms with van der Waals surface area (Å²) in [5.74, 6) is -0.906. The standard InChI is InChI=1S/C44H61N7O8/c1-29(2)32(19-14-21-39(53)50-38-20-12-13-22-46-38)25-37(52)34(23-30-15-8-6-9-16-30)47-41(55)36(26-33-27-45-28-51(33)43(58)59-44(3,4)5)48-40(54)35(49-42(56)57)24-31-17-10-7-11-18-31/h7,10-14,17-18,20-22,27-30,32,34-37,49,52H,6,8-9,15-16,19,23-26H2,1-5H3,(H,47,55)(H,48,54)(H,56,57)(H,46,50,53)/b21-14+/t32-,34-,35-,36-,37-/m0/s1. The summed E-state index contributed by atoms with van der Waals surface area (Å²) in [4.78, 5) is 74.3. The van der Waals surface area contributed by atoms with E-state index in [4.69, 9.17) is 4.74 Å². The second-order valence-electron chi connectivity index (χ2n) is 16.7. The predicted octanol–water partition coefficient (Wildman–Crippen LogP) is 6.03. The third-order valence-electron chi connectivity index (χ3n) is 10.5. The highest BCUT2D eigenvalue weighted by Gasteiger charge is 2.34. The first-order valence-corrected chi connectivity index (χ1v) is 20.5. The van der Waals surface area contributed by atoms with E-state index in [9.17, 15) is 34.2 Å². The van der Waals surface area contributed by atoms with Gasteiger partial charge < -0.3 is 36.2 Å². The second-order valence-corrected chi connectivity index (χ2v) is 16.7. The van der Waals surface area contributed by atoms with E-state index in [0.29, 0.717) is 30.6 Å². The van der Waals surface area contributed by atoms with Crippen LogP contribution in [0.5, 0.6) is 0 Å². The third-order valence-corrected chi connectivity index (χ3v) is 10.5. The van der Waals surface area contributed by atoms with Crippen LogP contribution in [0.25, 0.3) is 0 Å². The molecule has 59 heavy (non-hydrogen) atoms. The van der Waals surface area contributed by atoms with Gasteiger partial charge in [-0.05, 0) is 81.6 Å². The van der Waals surface area contributed by atoms with Gasteiger partial charge in [-0.25, -0.2) is 24.1 Å². The summed E-state index contributed by atoms with van der Waals surface area (Å²) >= 11 is 0. The monoisotopic (exact) mass is 815 g/mol. The van der Waals surface area contributed by atoms with Crippen molar-refractivity contribution >= 4 is 35.7 Å². The molecule has 4 amide bonds. The number of hydrogen-bond acceptors (Lipinski definition) is 9. The molecular weight excluding hydrogens is 755 g/mol. The van der Waals surface area contributed by atoms with Gasteiger partial charge in [0.15, 0.2) is 0 Å². The number of allylic oxidation sites excluding steroid dienone is 1. The molecule has 3 aromatic rings. The Morgan fingerprint density at radius 2 is 1.59 bits per heavy atom. The summed E-state index contributed by atoms with van der Waals surface area (Å²) in [5, 5.41) is 32.4. The minimum absolute atomic E-state index is 0.0159. The Bertz CT molecular complexity index is 1840. The van der Waals surface area contributed by atoms with Crippen molar-refractivity contribution < 1.29 is 38.9 Å². The van der Waals surface area contributed by atoms with Crippen LogP contribution in [0.4, 0.5) is 15.4 Å². The van der Waals surface area contributed by atoms with E-state index in [1.807, 2.05) is 13.8 Å². The van der Waals surface area contributed by atoms with Crippen LogP contribution in [-0.2, 0) is 32.0 Å². The fourth-order valence-corrected chi connectivity index (χ4v) is 7.29. The number of carboxylic acid groups (broad SMARTS) is 1. The number of aliphatic hydroxyl groups is 1. The number of hydrogen-bond donors (Lipinski definition) is 6. The minimum atomic E-state index is -1.41. The molecule has 0 spiro atoms. The van der Waals surface area contributed by atoms with Crippen LogP contribution in [0.15, 0.2) is 79.4 Å². The van der Waals surface area contributed by atoms with Crippen molar-refractivity contribution in [1.29, 1.82) is 0 Å². The quantitative estimate of drug-likeness (QED) is 0.0773. The van der Waals surface area contributed by atoms with Crippen molar-refractivity contribution in [2.24, 2.45) is 17.8 Å². The van der Waals surface area contributed by atoms with E-state index in [1.165, 1.54) is 23.2 Å². The molecule has 0 radical (unpaired) electrons. The van der Waals surface area contributed by atoms with E-state index in [-0.39, 0.29) is 42.2 Å². The minimum Gasteiger partial charge on any atom is -0.465 e. The fraction of sp³-hybridized carbons (Fsp3) is 0.523. The maximum Gasteiger partial charge on any atom is 0.420 e. The van der Waals surface area contributed by atoms with Gasteiger partial charge in [-0.1, -0.05) is 88.4 Å². The summed E-state index contributed by atoms with van der Waals surface area (Å²) in [6, 6.07) is 10.9. The number of carbonyl (C=O) groups excluding carboxylic acids is 4. The number of amides is 4. The molecule has 0 bridgehead atoms. The van der Waals surface area contributed by atoms with Crippen molar-refractivity contribution in [3.05, 3.63) is 90.7 Å². The van der Waals surface area contributed by atoms with Crippen molar-refractivity contribution in [3.8, 4) is 0 Å². The number of imidazole rings is 1. The van der Waals surface area contributed by atoms with Crippen LogP contribution in [0, 0.1) is 17.8 Å². The Balaban J connectivity index is 1.59. The Kier molecular flexibility index (Phi) is 17.6. The average Bonchev–Trinajstić information content (AvgIpc) is 3.65. The molecule has 2 heterocycles. The van der Waals surface area contributed by atoms with Crippen LogP contribution >= 0.6 is 0 Å². The topological polar surface area (TPSA) is 214 Å². The van der Waals surface area contributed by atoms with Gasteiger partial charge in [0, 0.05) is 25.2 Å². The molecule has 1 aliphatic rings. The van der Waals surface area contributed by atoms with Crippen molar-refractivity contribution in [2.45, 2.75) is 129 Å². The lowest BCUT2D eigenvalue weighted by molar-refractivity contribution is -0.131. The van der Waals surface area contributed by atoms with Crippen LogP contribution < -0.4 is 21.3 Å². The van der Waals surface area contributed by atoms with Crippen LogP contribution in [0.3, 0.4) is 0 Å². The van der Waals surface area contributed by atoms with Crippen LogP contribution in [0.1, 0.15) is 97.2 Å². The smallest absolute Gasteiger partial charge is 0.420 e. The SMILES string of the molecule is CC(C)[C@@H](C/C=C/C(=O)Nc1ccccn1)C[C@H](O)[C@H](CC1CCCCC1)NC(=O)[C@H](Cc1cncn1C(=O)OC(C)(C)C)NC(=O)[C@H](Cc1ccccc1)NC(=O)O. The summed E-state index contributed by atoms with van der Waals surface area (Å²) in [6.45, 7) is 9.25. The van der Waals surface area contributed by atoms with Crippen molar-refractivity contribution in [1.82, 2.24) is 30.5 Å². The maximum absolute atomic E-state index is 14.5. The number of pyridine rings is 1. The molecule has 15 nitrogen and oxygen atoms in total. The second kappa shape index (κ2) is 22.5. The van der Waals surface area contributed by atoms with Gasteiger partial charge in [0.1, 0.15) is 29.8 Å². The Morgan fingerprint density at radius 1 is 0.915 bits per heavy atom. The Hall–Kier alpha value is -5.57. The third kappa shape index (κ3) is 16.0. The van der Waals surface area contributed by atoms with Crippen LogP contribution in [0.2, 0.25) is 0 Å².